The molecule has 1 saturated carbocycles. The van der Waals surface area contributed by atoms with E-state index in [0.717, 1.165) is 19.3 Å². The monoisotopic (exact) mass is 508 g/mol. The first-order valence-corrected chi connectivity index (χ1v) is 12.6. The molecular weight excluding hydrogens is 464 g/mol. The molecule has 0 aromatic rings. The van der Waals surface area contributed by atoms with Crippen LogP contribution in [0.4, 0.5) is 0 Å². The van der Waals surface area contributed by atoms with Crippen LogP contribution in [0.25, 0.3) is 0 Å². The van der Waals surface area contributed by atoms with Gasteiger partial charge in [0.1, 0.15) is 42.7 Å². The molecule has 3 fully saturated rings. The third-order valence-electron chi connectivity index (χ3n) is 7.89. The van der Waals surface area contributed by atoms with E-state index in [0.29, 0.717) is 18.3 Å². The van der Waals surface area contributed by atoms with E-state index in [2.05, 4.69) is 20.8 Å². The summed E-state index contributed by atoms with van der Waals surface area (Å²) in [5, 5.41) is 70.1. The Morgan fingerprint density at radius 3 is 2.09 bits per heavy atom. The Hall–Kier alpha value is -0.440. The molecule has 0 spiro atoms. The summed E-state index contributed by atoms with van der Waals surface area (Å²) in [5.74, 6) is 0.712. The maximum absolute atomic E-state index is 10.5. The third-order valence-corrected chi connectivity index (χ3v) is 7.89. The number of hydrogen-bond donors (Lipinski definition) is 7. The maximum atomic E-state index is 10.5. The van der Waals surface area contributed by atoms with Crippen LogP contribution in [-0.2, 0) is 18.9 Å². The van der Waals surface area contributed by atoms with E-state index in [1.54, 1.807) is 6.92 Å². The van der Waals surface area contributed by atoms with Gasteiger partial charge in [-0.15, -0.1) is 0 Å². The first-order chi connectivity index (χ1) is 16.4. The van der Waals surface area contributed by atoms with Gasteiger partial charge in [0.25, 0.3) is 0 Å². The van der Waals surface area contributed by atoms with Crippen molar-refractivity contribution in [1.82, 2.24) is 0 Å². The Bertz CT molecular complexity index is 661. The molecule has 7 N–H and O–H groups in total. The Kier molecular flexibility index (Phi) is 9.94. The van der Waals surface area contributed by atoms with E-state index in [-0.39, 0.29) is 24.2 Å². The van der Waals surface area contributed by atoms with E-state index in [9.17, 15) is 35.7 Å². The highest BCUT2D eigenvalue weighted by atomic mass is 16.7. The van der Waals surface area contributed by atoms with Gasteiger partial charge in [-0.3, -0.25) is 0 Å². The highest BCUT2D eigenvalue weighted by molar-refractivity contribution is 4.94. The van der Waals surface area contributed by atoms with Crippen molar-refractivity contribution < 1.29 is 54.7 Å². The van der Waals surface area contributed by atoms with Gasteiger partial charge in [0.2, 0.25) is 0 Å². The van der Waals surface area contributed by atoms with Crippen molar-refractivity contribution >= 4 is 0 Å². The summed E-state index contributed by atoms with van der Waals surface area (Å²) in [5.41, 5.74) is -0.0719. The normalized spacial score (nSPS) is 47.1. The SMILES string of the molecule is C[C@@H]1C[C@H](O[C@@H]2O[C@H](CO[C@@H]3O[C@@H](CO)[C@H](O)[C@H]3O)[C@@H](O)[C@H](O)[C@H]2O)CC(C)(C)[C@H]1CC[C@@H](C)O. The Morgan fingerprint density at radius 2 is 1.51 bits per heavy atom. The smallest absolute Gasteiger partial charge is 0.186 e. The average molecular weight is 509 g/mol. The molecule has 0 bridgehead atoms. The molecular formula is C24H44O11. The topological polar surface area (TPSA) is 179 Å². The summed E-state index contributed by atoms with van der Waals surface area (Å²) in [7, 11) is 0. The second-order valence-corrected chi connectivity index (χ2v) is 11.3. The van der Waals surface area contributed by atoms with E-state index in [1.807, 2.05) is 0 Å². The van der Waals surface area contributed by atoms with Crippen LogP contribution in [0.3, 0.4) is 0 Å². The zero-order chi connectivity index (χ0) is 26.1. The predicted molar refractivity (Wildman–Crippen MR) is 122 cm³/mol. The lowest BCUT2D eigenvalue weighted by atomic mass is 9.61. The molecule has 3 rings (SSSR count). The van der Waals surface area contributed by atoms with E-state index in [4.69, 9.17) is 18.9 Å². The zero-order valence-electron chi connectivity index (χ0n) is 21.0. The van der Waals surface area contributed by atoms with E-state index >= 15 is 0 Å². The molecule has 1 aliphatic carbocycles. The van der Waals surface area contributed by atoms with Crippen LogP contribution < -0.4 is 0 Å². The van der Waals surface area contributed by atoms with Gasteiger partial charge in [-0.05, 0) is 49.9 Å². The van der Waals surface area contributed by atoms with Crippen molar-refractivity contribution in [3.8, 4) is 0 Å². The number of rotatable bonds is 9. The molecule has 0 aromatic carbocycles. The minimum atomic E-state index is -1.54. The minimum absolute atomic E-state index is 0.0719. The van der Waals surface area contributed by atoms with Gasteiger partial charge in [-0.2, -0.15) is 0 Å². The van der Waals surface area contributed by atoms with Crippen molar-refractivity contribution in [3.05, 3.63) is 0 Å². The molecule has 0 radical (unpaired) electrons. The standard InChI is InChI=1S/C24H44O11/c1-11-7-13(8-24(3,4)14(11)6-5-12(2)26)33-23-21(31)19(29)18(28)16(35-23)10-32-22-20(30)17(27)15(9-25)34-22/h11-23,25-31H,5-10H2,1-4H3/t11-,12-,13+,14+,15+,16-,17+,18-,19+,20-,21-,22-,23-/m1/s1. The van der Waals surface area contributed by atoms with Crippen LogP contribution in [0.1, 0.15) is 53.4 Å². The molecule has 13 atom stereocenters. The van der Waals surface area contributed by atoms with Crippen molar-refractivity contribution in [2.75, 3.05) is 13.2 Å². The lowest BCUT2D eigenvalue weighted by Crippen LogP contribution is -2.60. The Balaban J connectivity index is 1.59. The molecule has 2 saturated heterocycles. The fourth-order valence-corrected chi connectivity index (χ4v) is 5.92. The summed E-state index contributed by atoms with van der Waals surface area (Å²) >= 11 is 0. The lowest BCUT2D eigenvalue weighted by molar-refractivity contribution is -0.323. The van der Waals surface area contributed by atoms with Crippen LogP contribution in [0.15, 0.2) is 0 Å². The summed E-state index contributed by atoms with van der Waals surface area (Å²) in [4.78, 5) is 0. The molecule has 0 aromatic heterocycles. The van der Waals surface area contributed by atoms with Gasteiger partial charge in [-0.25, -0.2) is 0 Å². The first kappa shape index (κ1) is 29.1. The fraction of sp³-hybridized carbons (Fsp3) is 1.00. The first-order valence-electron chi connectivity index (χ1n) is 12.6. The van der Waals surface area contributed by atoms with Gasteiger partial charge in [0.05, 0.1) is 25.4 Å². The van der Waals surface area contributed by atoms with Crippen LogP contribution in [0.5, 0.6) is 0 Å². The fourth-order valence-electron chi connectivity index (χ4n) is 5.92. The zero-order valence-corrected chi connectivity index (χ0v) is 21.0. The van der Waals surface area contributed by atoms with Crippen molar-refractivity contribution in [2.24, 2.45) is 17.3 Å². The minimum Gasteiger partial charge on any atom is -0.394 e. The van der Waals surface area contributed by atoms with Gasteiger partial charge in [-0.1, -0.05) is 20.8 Å². The maximum Gasteiger partial charge on any atom is 0.186 e. The van der Waals surface area contributed by atoms with Crippen LogP contribution in [0.2, 0.25) is 0 Å². The van der Waals surface area contributed by atoms with Crippen LogP contribution in [-0.4, -0.2) is 116 Å². The number of hydrogen-bond acceptors (Lipinski definition) is 11. The second kappa shape index (κ2) is 12.0. The van der Waals surface area contributed by atoms with Gasteiger partial charge >= 0.3 is 0 Å². The van der Waals surface area contributed by atoms with E-state index in [1.165, 1.54) is 0 Å². The average Bonchev–Trinajstić information content (AvgIpc) is 3.05. The Morgan fingerprint density at radius 1 is 0.914 bits per heavy atom. The summed E-state index contributed by atoms with van der Waals surface area (Å²) < 4.78 is 22.6. The molecule has 2 heterocycles. The molecule has 35 heavy (non-hydrogen) atoms. The van der Waals surface area contributed by atoms with Crippen molar-refractivity contribution in [1.29, 1.82) is 0 Å². The highest BCUT2D eigenvalue weighted by Crippen LogP contribution is 2.47. The van der Waals surface area contributed by atoms with Crippen LogP contribution >= 0.6 is 0 Å². The second-order valence-electron chi connectivity index (χ2n) is 11.3. The molecule has 206 valence electrons. The third kappa shape index (κ3) is 6.71. The molecule has 2 aliphatic heterocycles. The van der Waals surface area contributed by atoms with Gasteiger partial charge < -0.3 is 54.7 Å². The predicted octanol–water partition coefficient (Wildman–Crippen LogP) is -1.13. The molecule has 11 nitrogen and oxygen atoms in total. The summed E-state index contributed by atoms with van der Waals surface area (Å²) in [6, 6.07) is 0. The quantitative estimate of drug-likeness (QED) is 0.200. The van der Waals surface area contributed by atoms with Crippen molar-refractivity contribution in [3.63, 3.8) is 0 Å². The van der Waals surface area contributed by atoms with Gasteiger partial charge in [0.15, 0.2) is 12.6 Å². The number of ether oxygens (including phenoxy) is 4. The molecule has 3 aliphatic rings. The summed E-state index contributed by atoms with van der Waals surface area (Å²) in [6.07, 6.45) is -9.28. The van der Waals surface area contributed by atoms with E-state index < -0.39 is 61.9 Å². The molecule has 0 unspecified atom stereocenters. The number of aliphatic hydroxyl groups excluding tert-OH is 7. The summed E-state index contributed by atoms with van der Waals surface area (Å²) in [6.45, 7) is 7.46. The van der Waals surface area contributed by atoms with Gasteiger partial charge in [0, 0.05) is 0 Å². The van der Waals surface area contributed by atoms with Crippen molar-refractivity contribution in [2.45, 2.75) is 121 Å². The lowest BCUT2D eigenvalue weighted by Gasteiger charge is -2.48. The number of aliphatic hydroxyl groups is 7. The van der Waals surface area contributed by atoms with Crippen LogP contribution in [0, 0.1) is 17.3 Å². The Labute approximate surface area is 206 Å². The molecule has 11 heteroatoms. The molecule has 0 amide bonds. The highest BCUT2D eigenvalue weighted by Gasteiger charge is 2.49. The largest absolute Gasteiger partial charge is 0.394 e.